The second-order valence-electron chi connectivity index (χ2n) is 11.5. The Kier molecular flexibility index (Phi) is 7.45. The lowest BCUT2D eigenvalue weighted by atomic mass is 10.0. The molecule has 1 fully saturated rings. The second kappa shape index (κ2) is 11.6. The predicted octanol–water partition coefficient (Wildman–Crippen LogP) is 7.13. The Morgan fingerprint density at radius 1 is 1.00 bits per heavy atom. The third kappa shape index (κ3) is 5.98. The number of aromatic hydroxyl groups is 1. The van der Waals surface area contributed by atoms with Crippen LogP contribution in [0.15, 0.2) is 94.3 Å². The number of hydrogen-bond acceptors (Lipinski definition) is 4. The zero-order valence-corrected chi connectivity index (χ0v) is 25.4. The maximum atomic E-state index is 14.3. The van der Waals surface area contributed by atoms with Crippen molar-refractivity contribution in [3.05, 3.63) is 134 Å². The first-order valence-corrected chi connectivity index (χ1v) is 15.4. The SMILES string of the molecule is O=C(Cc1c[nH]c2ccc(O)cc12)NC(Cc1cc(F)cc(F)c1)c1nc2cc(Br)ccc2c(=O)n1-c1ccc(C2CC2)cc1. The number of rotatable bonds is 8. The Bertz CT molecular complexity index is 2140. The van der Waals surface area contributed by atoms with Gasteiger partial charge in [-0.25, -0.2) is 13.8 Å². The second-order valence-corrected chi connectivity index (χ2v) is 12.4. The number of phenolic OH excluding ortho intramolecular Hbond substituents is 1. The van der Waals surface area contributed by atoms with Crippen molar-refractivity contribution in [2.75, 3.05) is 0 Å². The quantitative estimate of drug-likeness (QED) is 0.161. The van der Waals surface area contributed by atoms with E-state index in [1.807, 2.05) is 24.3 Å². The first-order chi connectivity index (χ1) is 21.7. The highest BCUT2D eigenvalue weighted by molar-refractivity contribution is 9.10. The molecular weight excluding hydrogens is 642 g/mol. The molecule has 3 N–H and O–H groups in total. The third-order valence-electron chi connectivity index (χ3n) is 8.17. The standard InChI is InChI=1S/C35H27BrF2N4O3/c36-23-5-9-28-31(15-23)41-34(42(35(28)45)26-6-3-21(4-7-26)20-1-2-20)32(13-19-11-24(37)16-25(38)12-19)40-33(44)14-22-18-39-30-10-8-27(43)17-29(22)30/h3-12,15-18,20,32,39,43H,1-2,13-14H2,(H,40,44). The minimum absolute atomic E-state index is 0.0405. The summed E-state index contributed by atoms with van der Waals surface area (Å²) in [6.07, 6.45) is 3.86. The van der Waals surface area contributed by atoms with E-state index in [-0.39, 0.29) is 35.5 Å². The summed E-state index contributed by atoms with van der Waals surface area (Å²) in [6, 6.07) is 20.0. The van der Waals surface area contributed by atoms with E-state index in [2.05, 4.69) is 26.2 Å². The highest BCUT2D eigenvalue weighted by Crippen LogP contribution is 2.40. The number of phenols is 1. The summed E-state index contributed by atoms with van der Waals surface area (Å²) in [5, 5.41) is 14.1. The summed E-state index contributed by atoms with van der Waals surface area (Å²) in [7, 11) is 0. The number of nitrogens with one attached hydrogen (secondary N) is 2. The molecule has 0 saturated heterocycles. The Morgan fingerprint density at radius 3 is 2.49 bits per heavy atom. The molecule has 226 valence electrons. The van der Waals surface area contributed by atoms with Gasteiger partial charge in [-0.05, 0) is 96.1 Å². The summed E-state index contributed by atoms with van der Waals surface area (Å²) in [4.78, 5) is 35.8. The molecule has 1 amide bonds. The van der Waals surface area contributed by atoms with Crippen LogP contribution >= 0.6 is 15.9 Å². The molecule has 7 rings (SSSR count). The van der Waals surface area contributed by atoms with Crippen molar-refractivity contribution < 1.29 is 18.7 Å². The summed E-state index contributed by atoms with van der Waals surface area (Å²) < 4.78 is 30.8. The van der Waals surface area contributed by atoms with Crippen molar-refractivity contribution in [3.63, 3.8) is 0 Å². The zero-order valence-electron chi connectivity index (χ0n) is 23.9. The number of benzene rings is 4. The summed E-state index contributed by atoms with van der Waals surface area (Å²) in [5.41, 5.74) is 3.52. The van der Waals surface area contributed by atoms with Crippen molar-refractivity contribution in [1.29, 1.82) is 0 Å². The molecule has 1 atom stereocenters. The van der Waals surface area contributed by atoms with Crippen LogP contribution in [0.1, 0.15) is 47.3 Å². The number of carbonyl (C=O) groups excluding carboxylic acids is 1. The van der Waals surface area contributed by atoms with Crippen LogP contribution in [0.2, 0.25) is 0 Å². The van der Waals surface area contributed by atoms with Crippen molar-refractivity contribution in [2.45, 2.75) is 37.6 Å². The molecule has 1 unspecified atom stereocenters. The minimum atomic E-state index is -0.948. The average molecular weight is 670 g/mol. The van der Waals surface area contributed by atoms with Gasteiger partial charge in [-0.15, -0.1) is 0 Å². The molecule has 45 heavy (non-hydrogen) atoms. The average Bonchev–Trinajstić information content (AvgIpc) is 3.78. The van der Waals surface area contributed by atoms with Gasteiger partial charge < -0.3 is 15.4 Å². The number of halogens is 3. The van der Waals surface area contributed by atoms with Crippen molar-refractivity contribution >= 4 is 43.6 Å². The van der Waals surface area contributed by atoms with Crippen LogP contribution in [0, 0.1) is 11.6 Å². The molecular formula is C35H27BrF2N4O3. The van der Waals surface area contributed by atoms with Crippen molar-refractivity contribution in [3.8, 4) is 11.4 Å². The fraction of sp³-hybridized carbons (Fsp3) is 0.171. The molecule has 2 heterocycles. The van der Waals surface area contributed by atoms with Crippen LogP contribution in [0.5, 0.6) is 5.75 Å². The fourth-order valence-corrected chi connectivity index (χ4v) is 6.22. The molecule has 6 aromatic rings. The highest BCUT2D eigenvalue weighted by atomic mass is 79.9. The Hall–Kier alpha value is -4.83. The zero-order chi connectivity index (χ0) is 31.2. The lowest BCUT2D eigenvalue weighted by Crippen LogP contribution is -2.36. The van der Waals surface area contributed by atoms with E-state index in [0.717, 1.165) is 28.9 Å². The van der Waals surface area contributed by atoms with E-state index >= 15 is 0 Å². The molecule has 1 aliphatic carbocycles. The lowest BCUT2D eigenvalue weighted by Gasteiger charge is -2.23. The third-order valence-corrected chi connectivity index (χ3v) is 8.66. The normalized spacial score (nSPS) is 13.8. The van der Waals surface area contributed by atoms with Gasteiger partial charge in [0.15, 0.2) is 0 Å². The highest BCUT2D eigenvalue weighted by Gasteiger charge is 2.26. The van der Waals surface area contributed by atoms with Crippen LogP contribution < -0.4 is 10.9 Å². The maximum Gasteiger partial charge on any atom is 0.266 e. The molecule has 4 aromatic carbocycles. The van der Waals surface area contributed by atoms with E-state index in [9.17, 15) is 23.5 Å². The van der Waals surface area contributed by atoms with E-state index in [1.54, 1.807) is 42.6 Å². The number of nitrogens with zero attached hydrogens (tertiary/aromatic N) is 2. The molecule has 0 radical (unpaired) electrons. The fourth-order valence-electron chi connectivity index (χ4n) is 5.87. The molecule has 1 aliphatic rings. The van der Waals surface area contributed by atoms with Crippen LogP contribution in [-0.2, 0) is 17.6 Å². The van der Waals surface area contributed by atoms with Crippen LogP contribution in [0.25, 0.3) is 27.5 Å². The molecule has 10 heteroatoms. The molecule has 0 spiro atoms. The van der Waals surface area contributed by atoms with Gasteiger partial charge in [-0.1, -0.05) is 28.1 Å². The van der Waals surface area contributed by atoms with Crippen LogP contribution in [0.4, 0.5) is 8.78 Å². The smallest absolute Gasteiger partial charge is 0.266 e. The summed E-state index contributed by atoms with van der Waals surface area (Å²) >= 11 is 3.45. The largest absolute Gasteiger partial charge is 0.508 e. The van der Waals surface area contributed by atoms with Crippen molar-refractivity contribution in [1.82, 2.24) is 19.9 Å². The van der Waals surface area contributed by atoms with Gasteiger partial charge in [0.05, 0.1) is 29.1 Å². The molecule has 0 aliphatic heterocycles. The molecule has 0 bridgehead atoms. The lowest BCUT2D eigenvalue weighted by molar-refractivity contribution is -0.121. The first kappa shape index (κ1) is 28.9. The van der Waals surface area contributed by atoms with E-state index < -0.39 is 23.6 Å². The van der Waals surface area contributed by atoms with Crippen molar-refractivity contribution in [2.24, 2.45) is 0 Å². The van der Waals surface area contributed by atoms with E-state index in [1.165, 1.54) is 22.3 Å². The number of aromatic nitrogens is 3. The minimum Gasteiger partial charge on any atom is -0.508 e. The monoisotopic (exact) mass is 668 g/mol. The van der Waals surface area contributed by atoms with Gasteiger partial charge in [-0.3, -0.25) is 14.2 Å². The molecule has 1 saturated carbocycles. The van der Waals surface area contributed by atoms with E-state index in [4.69, 9.17) is 4.98 Å². The van der Waals surface area contributed by atoms with Gasteiger partial charge in [0.1, 0.15) is 23.2 Å². The number of aromatic amines is 1. The molecule has 2 aromatic heterocycles. The summed E-state index contributed by atoms with van der Waals surface area (Å²) in [5.74, 6) is -1.10. The van der Waals surface area contributed by atoms with Gasteiger partial charge >= 0.3 is 0 Å². The summed E-state index contributed by atoms with van der Waals surface area (Å²) in [6.45, 7) is 0. The van der Waals surface area contributed by atoms with Gasteiger partial charge in [0.25, 0.3) is 5.56 Å². The first-order valence-electron chi connectivity index (χ1n) is 14.6. The Balaban J connectivity index is 1.35. The van der Waals surface area contributed by atoms with Crippen LogP contribution in [-0.4, -0.2) is 25.5 Å². The topological polar surface area (TPSA) is 100 Å². The number of fused-ring (bicyclic) bond motifs is 2. The number of carbonyl (C=O) groups is 1. The van der Waals surface area contributed by atoms with Gasteiger partial charge in [0.2, 0.25) is 5.91 Å². The molecule has 7 nitrogen and oxygen atoms in total. The van der Waals surface area contributed by atoms with E-state index in [0.29, 0.717) is 33.5 Å². The Morgan fingerprint density at radius 2 is 1.76 bits per heavy atom. The number of hydrogen-bond donors (Lipinski definition) is 3. The predicted molar refractivity (Wildman–Crippen MR) is 172 cm³/mol. The Labute approximate surface area is 264 Å². The van der Waals surface area contributed by atoms with Crippen LogP contribution in [0.3, 0.4) is 0 Å². The number of H-pyrrole nitrogens is 1. The number of amides is 1. The van der Waals surface area contributed by atoms with Gasteiger partial charge in [0, 0.05) is 34.1 Å². The van der Waals surface area contributed by atoms with Gasteiger partial charge in [-0.2, -0.15) is 0 Å². The maximum absolute atomic E-state index is 14.3.